The maximum Gasteiger partial charge on any atom is 0.220 e. The van der Waals surface area contributed by atoms with Gasteiger partial charge in [-0.3, -0.25) is 0 Å². The summed E-state index contributed by atoms with van der Waals surface area (Å²) in [7, 11) is -3.67. The van der Waals surface area contributed by atoms with Crippen LogP contribution in [0, 0.1) is 0 Å². The molecule has 0 spiro atoms. The van der Waals surface area contributed by atoms with Gasteiger partial charge in [-0.15, -0.1) is 0 Å². The molecule has 0 unspecified atom stereocenters. The van der Waals surface area contributed by atoms with Crippen molar-refractivity contribution in [1.82, 2.24) is 4.90 Å². The van der Waals surface area contributed by atoms with Gasteiger partial charge in [0.25, 0.3) is 0 Å². The first-order valence-electron chi connectivity index (χ1n) is 5.75. The summed E-state index contributed by atoms with van der Waals surface area (Å²) in [4.78, 5) is 1.74. The third kappa shape index (κ3) is 2.36. The van der Waals surface area contributed by atoms with Crippen LogP contribution in [0.15, 0.2) is 33.5 Å². The summed E-state index contributed by atoms with van der Waals surface area (Å²) in [5, 5.41) is 18.1. The van der Waals surface area contributed by atoms with E-state index < -0.39 is 9.84 Å². The Morgan fingerprint density at radius 3 is 2.26 bits per heavy atom. The van der Waals surface area contributed by atoms with Gasteiger partial charge in [-0.05, 0) is 6.07 Å². The largest absolute Gasteiger partial charge is 0.395 e. The molecule has 1 aliphatic heterocycles. The second kappa shape index (κ2) is 5.50. The molecule has 0 aromatic heterocycles. The fourth-order valence-electron chi connectivity index (χ4n) is 2.10. The standard InChI is InChI=1S/C12H14ClNO4S/c13-12-11(14(5-7-15)6-8-16)9-3-1-2-4-10(9)19(12,17)18/h1-4,15-16H,5-8H2. The molecule has 1 aromatic rings. The van der Waals surface area contributed by atoms with E-state index in [1.54, 1.807) is 23.1 Å². The number of hydrogen-bond acceptors (Lipinski definition) is 5. The summed E-state index contributed by atoms with van der Waals surface area (Å²) in [6.45, 7) is 0.0949. The first-order chi connectivity index (χ1) is 9.04. The highest BCUT2D eigenvalue weighted by Crippen LogP contribution is 2.42. The third-order valence-corrected chi connectivity index (χ3v) is 5.30. The molecule has 0 aliphatic carbocycles. The lowest BCUT2D eigenvalue weighted by Gasteiger charge is -2.24. The van der Waals surface area contributed by atoms with Gasteiger partial charge in [0, 0.05) is 18.7 Å². The molecule has 0 saturated carbocycles. The normalized spacial score (nSPS) is 16.6. The molecule has 7 heteroatoms. The summed E-state index contributed by atoms with van der Waals surface area (Å²) in [6.07, 6.45) is 0. The van der Waals surface area contributed by atoms with Crippen LogP contribution in [-0.2, 0) is 9.84 Å². The van der Waals surface area contributed by atoms with Crippen LogP contribution < -0.4 is 0 Å². The van der Waals surface area contributed by atoms with E-state index in [9.17, 15) is 8.42 Å². The maximum absolute atomic E-state index is 12.2. The highest BCUT2D eigenvalue weighted by Gasteiger charge is 2.36. The minimum atomic E-state index is -3.67. The second-order valence-corrected chi connectivity index (χ2v) is 6.51. The van der Waals surface area contributed by atoms with E-state index >= 15 is 0 Å². The Hall–Kier alpha value is -1.08. The molecule has 104 valence electrons. The molecule has 2 N–H and O–H groups in total. The van der Waals surface area contributed by atoms with Crippen molar-refractivity contribution in [2.24, 2.45) is 0 Å². The number of aliphatic hydroxyl groups is 2. The molecule has 0 bridgehead atoms. The Kier molecular flexibility index (Phi) is 4.15. The fraction of sp³-hybridized carbons (Fsp3) is 0.333. The molecule has 5 nitrogen and oxygen atoms in total. The minimum absolute atomic E-state index is 0.157. The van der Waals surface area contributed by atoms with E-state index in [1.165, 1.54) is 6.07 Å². The Balaban J connectivity index is 2.58. The van der Waals surface area contributed by atoms with Crippen molar-refractivity contribution in [3.63, 3.8) is 0 Å². The molecule has 0 fully saturated rings. The molecular weight excluding hydrogens is 290 g/mol. The molecule has 0 atom stereocenters. The van der Waals surface area contributed by atoms with Gasteiger partial charge in [0.15, 0.2) is 4.36 Å². The minimum Gasteiger partial charge on any atom is -0.395 e. The number of hydrogen-bond donors (Lipinski definition) is 2. The Bertz CT molecular complexity index is 606. The van der Waals surface area contributed by atoms with E-state index in [0.29, 0.717) is 11.3 Å². The summed E-state index contributed by atoms with van der Waals surface area (Å²) in [6, 6.07) is 6.52. The zero-order valence-electron chi connectivity index (χ0n) is 10.1. The van der Waals surface area contributed by atoms with Gasteiger partial charge >= 0.3 is 0 Å². The van der Waals surface area contributed by atoms with Gasteiger partial charge in [0.2, 0.25) is 9.84 Å². The van der Waals surface area contributed by atoms with Crippen LogP contribution in [-0.4, -0.2) is 49.8 Å². The van der Waals surface area contributed by atoms with E-state index in [4.69, 9.17) is 21.8 Å². The van der Waals surface area contributed by atoms with Gasteiger partial charge in [0.1, 0.15) is 0 Å². The molecule has 0 radical (unpaired) electrons. The third-order valence-electron chi connectivity index (χ3n) is 2.91. The van der Waals surface area contributed by atoms with Crippen molar-refractivity contribution in [2.75, 3.05) is 26.3 Å². The van der Waals surface area contributed by atoms with Gasteiger partial charge < -0.3 is 15.1 Å². The zero-order chi connectivity index (χ0) is 14.0. The topological polar surface area (TPSA) is 77.8 Å². The van der Waals surface area contributed by atoms with Crippen LogP contribution in [0.2, 0.25) is 0 Å². The Morgan fingerprint density at radius 2 is 1.68 bits per heavy atom. The number of benzene rings is 1. The summed E-state index contributed by atoms with van der Waals surface area (Å²) >= 11 is 5.99. The lowest BCUT2D eigenvalue weighted by molar-refractivity contribution is 0.206. The Labute approximate surface area is 116 Å². The molecule has 0 saturated heterocycles. The zero-order valence-corrected chi connectivity index (χ0v) is 11.7. The van der Waals surface area contributed by atoms with Crippen LogP contribution in [0.1, 0.15) is 5.56 Å². The monoisotopic (exact) mass is 303 g/mol. The van der Waals surface area contributed by atoms with Crippen molar-refractivity contribution >= 4 is 27.1 Å². The maximum atomic E-state index is 12.2. The van der Waals surface area contributed by atoms with Crippen LogP contribution >= 0.6 is 11.6 Å². The van der Waals surface area contributed by atoms with E-state index in [-0.39, 0.29) is 35.6 Å². The number of sulfone groups is 1. The van der Waals surface area contributed by atoms with Gasteiger partial charge in [-0.1, -0.05) is 29.8 Å². The molecule has 19 heavy (non-hydrogen) atoms. The van der Waals surface area contributed by atoms with Gasteiger partial charge in [-0.2, -0.15) is 0 Å². The predicted molar refractivity (Wildman–Crippen MR) is 72.1 cm³/mol. The quantitative estimate of drug-likeness (QED) is 0.834. The van der Waals surface area contributed by atoms with Crippen LogP contribution in [0.25, 0.3) is 5.70 Å². The van der Waals surface area contributed by atoms with Crippen molar-refractivity contribution in [1.29, 1.82) is 0 Å². The summed E-state index contributed by atoms with van der Waals surface area (Å²) < 4.78 is 24.1. The molecular formula is C12H14ClNO4S. The highest BCUT2D eigenvalue weighted by atomic mass is 35.5. The van der Waals surface area contributed by atoms with Crippen molar-refractivity contribution in [3.8, 4) is 0 Å². The average molecular weight is 304 g/mol. The second-order valence-electron chi connectivity index (χ2n) is 4.06. The lowest BCUT2D eigenvalue weighted by Crippen LogP contribution is -2.28. The van der Waals surface area contributed by atoms with Crippen molar-refractivity contribution in [3.05, 3.63) is 34.2 Å². The van der Waals surface area contributed by atoms with Crippen LogP contribution in [0.3, 0.4) is 0 Å². The number of aliphatic hydroxyl groups excluding tert-OH is 2. The first-order valence-corrected chi connectivity index (χ1v) is 7.61. The fourth-order valence-corrected chi connectivity index (χ4v) is 3.97. The number of fused-ring (bicyclic) bond motifs is 1. The molecule has 0 amide bonds. The smallest absolute Gasteiger partial charge is 0.220 e. The van der Waals surface area contributed by atoms with E-state index in [0.717, 1.165) is 0 Å². The molecule has 1 heterocycles. The number of halogens is 1. The number of rotatable bonds is 5. The SMILES string of the molecule is O=S1(=O)C(Cl)=C(N(CCO)CCO)c2ccccc21. The first kappa shape index (κ1) is 14.3. The van der Waals surface area contributed by atoms with Gasteiger partial charge in [-0.25, -0.2) is 8.42 Å². The van der Waals surface area contributed by atoms with Crippen molar-refractivity contribution in [2.45, 2.75) is 4.90 Å². The van der Waals surface area contributed by atoms with Gasteiger partial charge in [0.05, 0.1) is 23.8 Å². The molecule has 2 rings (SSSR count). The lowest BCUT2D eigenvalue weighted by atomic mass is 10.1. The average Bonchev–Trinajstić information content (AvgIpc) is 2.58. The van der Waals surface area contributed by atoms with E-state index in [2.05, 4.69) is 0 Å². The summed E-state index contributed by atoms with van der Waals surface area (Å²) in [5.41, 5.74) is 0.856. The van der Waals surface area contributed by atoms with Crippen LogP contribution in [0.5, 0.6) is 0 Å². The summed E-state index contributed by atoms with van der Waals surface area (Å²) in [5.74, 6) is 0. The Morgan fingerprint density at radius 1 is 1.11 bits per heavy atom. The molecule has 1 aliphatic rings. The number of nitrogens with zero attached hydrogens (tertiary/aromatic N) is 1. The predicted octanol–water partition coefficient (Wildman–Crippen LogP) is 0.625. The van der Waals surface area contributed by atoms with Crippen LogP contribution in [0.4, 0.5) is 0 Å². The molecule has 1 aromatic carbocycles. The van der Waals surface area contributed by atoms with Crippen molar-refractivity contribution < 1.29 is 18.6 Å². The van der Waals surface area contributed by atoms with E-state index in [1.807, 2.05) is 0 Å². The highest BCUT2D eigenvalue weighted by molar-refractivity contribution is 7.97.